The van der Waals surface area contributed by atoms with E-state index in [1.165, 1.54) is 50.1 Å². The van der Waals surface area contributed by atoms with E-state index in [1.54, 1.807) is 0 Å². The van der Waals surface area contributed by atoms with Crippen LogP contribution in [0.15, 0.2) is 18.2 Å². The average Bonchev–Trinajstić information content (AvgIpc) is 3.02. The van der Waals surface area contributed by atoms with Gasteiger partial charge in [0.15, 0.2) is 0 Å². The molecule has 0 aromatic heterocycles. The van der Waals surface area contributed by atoms with Crippen LogP contribution in [0.1, 0.15) is 25.7 Å². The lowest BCUT2D eigenvalue weighted by Crippen LogP contribution is -2.20. The van der Waals surface area contributed by atoms with Crippen molar-refractivity contribution in [2.45, 2.75) is 25.7 Å². The molecule has 2 heterocycles. The molecule has 3 heteroatoms. The highest BCUT2D eigenvalue weighted by Gasteiger charge is 2.17. The van der Waals surface area contributed by atoms with Gasteiger partial charge in [0.2, 0.25) is 0 Å². The van der Waals surface area contributed by atoms with Crippen LogP contribution in [0.4, 0.5) is 11.4 Å². The third-order valence-electron chi connectivity index (χ3n) is 3.85. The van der Waals surface area contributed by atoms with E-state index >= 15 is 0 Å². The van der Waals surface area contributed by atoms with Crippen LogP contribution >= 0.6 is 11.6 Å². The number of anilines is 2. The van der Waals surface area contributed by atoms with Crippen molar-refractivity contribution in [3.8, 4) is 0 Å². The van der Waals surface area contributed by atoms with E-state index in [0.29, 0.717) is 0 Å². The minimum atomic E-state index is 0.913. The molecule has 2 saturated heterocycles. The van der Waals surface area contributed by atoms with Crippen molar-refractivity contribution in [3.63, 3.8) is 0 Å². The van der Waals surface area contributed by atoms with Gasteiger partial charge in [0.1, 0.15) is 0 Å². The fraction of sp³-hybridized carbons (Fsp3) is 0.571. The van der Waals surface area contributed by atoms with E-state index in [2.05, 4.69) is 28.0 Å². The van der Waals surface area contributed by atoms with Crippen molar-refractivity contribution >= 4 is 23.0 Å². The molecular formula is C14H19ClN2. The molecule has 0 unspecified atom stereocenters. The summed E-state index contributed by atoms with van der Waals surface area (Å²) < 4.78 is 0. The quantitative estimate of drug-likeness (QED) is 0.792. The summed E-state index contributed by atoms with van der Waals surface area (Å²) in [7, 11) is 0. The van der Waals surface area contributed by atoms with E-state index < -0.39 is 0 Å². The first-order valence-corrected chi connectivity index (χ1v) is 7.02. The standard InChI is InChI=1S/C14H19ClN2/c15-13-11-12(16-7-1-2-8-16)5-6-14(13)17-9-3-4-10-17/h5-6,11H,1-4,7-10H2. The third-order valence-corrected chi connectivity index (χ3v) is 4.15. The number of benzene rings is 1. The third kappa shape index (κ3) is 2.23. The fourth-order valence-corrected chi connectivity index (χ4v) is 3.18. The van der Waals surface area contributed by atoms with Crippen LogP contribution in [0.25, 0.3) is 0 Å². The Bertz CT molecular complexity index is 393. The number of rotatable bonds is 2. The second kappa shape index (κ2) is 4.77. The van der Waals surface area contributed by atoms with E-state index in [-0.39, 0.29) is 0 Å². The summed E-state index contributed by atoms with van der Waals surface area (Å²) in [6.45, 7) is 4.67. The van der Waals surface area contributed by atoms with Gasteiger partial charge in [-0.1, -0.05) is 11.6 Å². The molecule has 0 spiro atoms. The first kappa shape index (κ1) is 11.2. The maximum atomic E-state index is 6.42. The molecule has 1 aromatic rings. The summed E-state index contributed by atoms with van der Waals surface area (Å²) in [5, 5.41) is 0.913. The molecule has 2 nitrogen and oxygen atoms in total. The van der Waals surface area contributed by atoms with E-state index in [9.17, 15) is 0 Å². The molecule has 2 fully saturated rings. The van der Waals surface area contributed by atoms with Crippen LogP contribution in [0.3, 0.4) is 0 Å². The van der Waals surface area contributed by atoms with Gasteiger partial charge in [0, 0.05) is 31.9 Å². The van der Waals surface area contributed by atoms with E-state index in [0.717, 1.165) is 18.1 Å². The molecule has 2 aliphatic rings. The normalized spacial score (nSPS) is 20.3. The van der Waals surface area contributed by atoms with Crippen LogP contribution in [-0.4, -0.2) is 26.2 Å². The SMILES string of the molecule is Clc1cc(N2CCCC2)ccc1N1CCCC1. The minimum Gasteiger partial charge on any atom is -0.371 e. The lowest BCUT2D eigenvalue weighted by atomic mass is 10.2. The number of nitrogens with zero attached hydrogens (tertiary/aromatic N) is 2. The van der Waals surface area contributed by atoms with Crippen molar-refractivity contribution in [1.29, 1.82) is 0 Å². The number of halogens is 1. The van der Waals surface area contributed by atoms with Gasteiger partial charge < -0.3 is 9.80 Å². The highest BCUT2D eigenvalue weighted by Crippen LogP contribution is 2.33. The Labute approximate surface area is 108 Å². The molecule has 0 bridgehead atoms. The highest BCUT2D eigenvalue weighted by molar-refractivity contribution is 6.33. The fourth-order valence-electron chi connectivity index (χ4n) is 2.88. The van der Waals surface area contributed by atoms with Crippen molar-refractivity contribution in [2.75, 3.05) is 36.0 Å². The molecule has 3 rings (SSSR count). The van der Waals surface area contributed by atoms with Crippen LogP contribution < -0.4 is 9.80 Å². The zero-order chi connectivity index (χ0) is 11.7. The predicted molar refractivity (Wildman–Crippen MR) is 74.3 cm³/mol. The van der Waals surface area contributed by atoms with Crippen LogP contribution in [0.5, 0.6) is 0 Å². The molecular weight excluding hydrogens is 232 g/mol. The topological polar surface area (TPSA) is 6.48 Å². The summed E-state index contributed by atoms with van der Waals surface area (Å²) in [6.07, 6.45) is 5.21. The molecule has 92 valence electrons. The zero-order valence-corrected chi connectivity index (χ0v) is 10.9. The summed E-state index contributed by atoms with van der Waals surface area (Å²) in [5.41, 5.74) is 2.50. The molecule has 2 aliphatic heterocycles. The Morgan fingerprint density at radius 1 is 0.824 bits per heavy atom. The first-order valence-electron chi connectivity index (χ1n) is 6.64. The van der Waals surface area contributed by atoms with Gasteiger partial charge in [-0.05, 0) is 43.9 Å². The molecule has 1 aromatic carbocycles. The van der Waals surface area contributed by atoms with Crippen LogP contribution in [-0.2, 0) is 0 Å². The Kier molecular flexibility index (Phi) is 3.15. The van der Waals surface area contributed by atoms with Gasteiger partial charge in [0.25, 0.3) is 0 Å². The maximum absolute atomic E-state index is 6.42. The van der Waals surface area contributed by atoms with Crippen LogP contribution in [0, 0.1) is 0 Å². The summed E-state index contributed by atoms with van der Waals surface area (Å²) >= 11 is 6.42. The second-order valence-electron chi connectivity index (χ2n) is 5.02. The Morgan fingerprint density at radius 2 is 1.41 bits per heavy atom. The van der Waals surface area contributed by atoms with Crippen molar-refractivity contribution in [3.05, 3.63) is 23.2 Å². The van der Waals surface area contributed by atoms with Gasteiger partial charge in [0.05, 0.1) is 10.7 Å². The second-order valence-corrected chi connectivity index (χ2v) is 5.43. The Morgan fingerprint density at radius 3 is 2.00 bits per heavy atom. The van der Waals surface area contributed by atoms with Crippen molar-refractivity contribution in [1.82, 2.24) is 0 Å². The molecule has 0 saturated carbocycles. The first-order chi connectivity index (χ1) is 8.34. The van der Waals surface area contributed by atoms with Crippen molar-refractivity contribution < 1.29 is 0 Å². The molecule has 0 amide bonds. The molecule has 0 aliphatic carbocycles. The lowest BCUT2D eigenvalue weighted by Gasteiger charge is -2.22. The lowest BCUT2D eigenvalue weighted by molar-refractivity contribution is 0.949. The summed E-state index contributed by atoms with van der Waals surface area (Å²) in [4.78, 5) is 4.83. The van der Waals surface area contributed by atoms with Gasteiger partial charge in [-0.2, -0.15) is 0 Å². The molecule has 0 radical (unpaired) electrons. The Balaban J connectivity index is 1.82. The number of hydrogen-bond donors (Lipinski definition) is 0. The van der Waals surface area contributed by atoms with E-state index in [1.807, 2.05) is 0 Å². The number of hydrogen-bond acceptors (Lipinski definition) is 2. The predicted octanol–water partition coefficient (Wildman–Crippen LogP) is 3.54. The molecule has 0 atom stereocenters. The smallest absolute Gasteiger partial charge is 0.0660 e. The molecule has 17 heavy (non-hydrogen) atoms. The maximum Gasteiger partial charge on any atom is 0.0660 e. The average molecular weight is 251 g/mol. The summed E-state index contributed by atoms with van der Waals surface area (Å²) in [5.74, 6) is 0. The minimum absolute atomic E-state index is 0.913. The van der Waals surface area contributed by atoms with Gasteiger partial charge >= 0.3 is 0 Å². The largest absolute Gasteiger partial charge is 0.371 e. The van der Waals surface area contributed by atoms with Crippen LogP contribution in [0.2, 0.25) is 5.02 Å². The Hall–Kier alpha value is -0.890. The highest BCUT2D eigenvalue weighted by atomic mass is 35.5. The van der Waals surface area contributed by atoms with Crippen molar-refractivity contribution in [2.24, 2.45) is 0 Å². The van der Waals surface area contributed by atoms with Gasteiger partial charge in [-0.15, -0.1) is 0 Å². The zero-order valence-electron chi connectivity index (χ0n) is 10.2. The van der Waals surface area contributed by atoms with Gasteiger partial charge in [-0.3, -0.25) is 0 Å². The van der Waals surface area contributed by atoms with Gasteiger partial charge in [-0.25, -0.2) is 0 Å². The van der Waals surface area contributed by atoms with E-state index in [4.69, 9.17) is 11.6 Å². The monoisotopic (exact) mass is 250 g/mol. The molecule has 0 N–H and O–H groups in total. The summed E-state index contributed by atoms with van der Waals surface area (Å²) in [6, 6.07) is 6.56.